The van der Waals surface area contributed by atoms with Crippen LogP contribution in [-0.4, -0.2) is 24.8 Å². The molecule has 0 bridgehead atoms. The molecule has 1 aromatic carbocycles. The first-order valence-corrected chi connectivity index (χ1v) is 6.97. The highest BCUT2D eigenvalue weighted by atomic mass is 32.1. The normalized spacial score (nSPS) is 11.7. The second-order valence-corrected chi connectivity index (χ2v) is 5.08. The van der Waals surface area contributed by atoms with Crippen LogP contribution in [0.4, 0.5) is 10.5 Å². The number of anilines is 1. The van der Waals surface area contributed by atoms with E-state index >= 15 is 0 Å². The van der Waals surface area contributed by atoms with Gasteiger partial charge in [0, 0.05) is 16.6 Å². The van der Waals surface area contributed by atoms with Gasteiger partial charge in [-0.05, 0) is 23.6 Å². The zero-order valence-corrected chi connectivity index (χ0v) is 11.8. The molecule has 0 aliphatic rings. The van der Waals surface area contributed by atoms with E-state index in [1.165, 1.54) is 11.3 Å². The molecule has 0 aliphatic carbocycles. The van der Waals surface area contributed by atoms with E-state index in [4.69, 9.17) is 4.74 Å². The summed E-state index contributed by atoms with van der Waals surface area (Å²) in [7, 11) is 1.57. The lowest BCUT2D eigenvalue weighted by molar-refractivity contribution is 0.178. The van der Waals surface area contributed by atoms with Gasteiger partial charge in [0.1, 0.15) is 11.9 Å². The van der Waals surface area contributed by atoms with Crippen LogP contribution in [0.3, 0.4) is 0 Å². The number of aliphatic hydroxyl groups is 1. The van der Waals surface area contributed by atoms with Gasteiger partial charge in [-0.3, -0.25) is 0 Å². The summed E-state index contributed by atoms with van der Waals surface area (Å²) in [4.78, 5) is 12.5. The lowest BCUT2D eigenvalue weighted by Crippen LogP contribution is -2.32. The molecule has 0 saturated heterocycles. The summed E-state index contributed by atoms with van der Waals surface area (Å²) in [5.74, 6) is 0.668. The molecule has 6 heteroatoms. The van der Waals surface area contributed by atoms with Crippen LogP contribution in [0.2, 0.25) is 0 Å². The van der Waals surface area contributed by atoms with Gasteiger partial charge >= 0.3 is 6.03 Å². The number of carbonyl (C=O) groups excluding carboxylic acids is 1. The maximum Gasteiger partial charge on any atom is 0.319 e. The van der Waals surface area contributed by atoms with Crippen molar-refractivity contribution >= 4 is 23.1 Å². The molecule has 0 spiro atoms. The molecule has 0 fully saturated rings. The summed E-state index contributed by atoms with van der Waals surface area (Å²) >= 11 is 1.45. The van der Waals surface area contributed by atoms with Crippen molar-refractivity contribution in [1.29, 1.82) is 0 Å². The van der Waals surface area contributed by atoms with Crippen LogP contribution >= 0.6 is 11.3 Å². The van der Waals surface area contributed by atoms with Gasteiger partial charge in [0.05, 0.1) is 13.7 Å². The Hall–Kier alpha value is -2.05. The quantitative estimate of drug-likeness (QED) is 0.793. The molecular weight excluding hydrogens is 276 g/mol. The van der Waals surface area contributed by atoms with E-state index in [0.717, 1.165) is 4.88 Å². The van der Waals surface area contributed by atoms with Gasteiger partial charge in [-0.1, -0.05) is 12.1 Å². The monoisotopic (exact) mass is 292 g/mol. The maximum absolute atomic E-state index is 11.7. The zero-order valence-electron chi connectivity index (χ0n) is 11.0. The first-order valence-electron chi connectivity index (χ1n) is 6.09. The molecule has 1 atom stereocenters. The summed E-state index contributed by atoms with van der Waals surface area (Å²) in [5.41, 5.74) is 0.632. The number of carbonyl (C=O) groups is 1. The van der Waals surface area contributed by atoms with E-state index in [2.05, 4.69) is 10.6 Å². The topological polar surface area (TPSA) is 70.6 Å². The number of urea groups is 1. The van der Waals surface area contributed by atoms with Crippen LogP contribution in [0.25, 0.3) is 0 Å². The Morgan fingerprint density at radius 2 is 2.25 bits per heavy atom. The fourth-order valence-electron chi connectivity index (χ4n) is 1.65. The van der Waals surface area contributed by atoms with Gasteiger partial charge in [-0.2, -0.15) is 0 Å². The highest BCUT2D eigenvalue weighted by Crippen LogP contribution is 2.18. The Morgan fingerprint density at radius 1 is 1.40 bits per heavy atom. The number of thiophene rings is 1. The van der Waals surface area contributed by atoms with E-state index in [1.807, 2.05) is 17.5 Å². The molecule has 0 radical (unpaired) electrons. The number of aliphatic hydroxyl groups excluding tert-OH is 1. The second kappa shape index (κ2) is 6.93. The van der Waals surface area contributed by atoms with E-state index in [0.29, 0.717) is 11.4 Å². The Kier molecular flexibility index (Phi) is 4.97. The minimum absolute atomic E-state index is 0.163. The molecule has 3 N–H and O–H groups in total. The predicted octanol–water partition coefficient (Wildman–Crippen LogP) is 2.61. The van der Waals surface area contributed by atoms with Crippen LogP contribution in [-0.2, 0) is 0 Å². The fourth-order valence-corrected chi connectivity index (χ4v) is 2.36. The van der Waals surface area contributed by atoms with Gasteiger partial charge in [-0.25, -0.2) is 4.79 Å². The summed E-state index contributed by atoms with van der Waals surface area (Å²) < 4.78 is 5.07. The van der Waals surface area contributed by atoms with Crippen LogP contribution in [0, 0.1) is 0 Å². The number of nitrogens with one attached hydrogen (secondary N) is 2. The summed E-state index contributed by atoms with van der Waals surface area (Å²) in [5, 5.41) is 17.0. The van der Waals surface area contributed by atoms with Crippen molar-refractivity contribution in [3.05, 3.63) is 46.7 Å². The molecule has 0 saturated carbocycles. The molecule has 1 heterocycles. The number of hydrogen-bond donors (Lipinski definition) is 3. The van der Waals surface area contributed by atoms with Crippen LogP contribution in [0.15, 0.2) is 41.8 Å². The van der Waals surface area contributed by atoms with Crippen molar-refractivity contribution in [2.24, 2.45) is 0 Å². The molecule has 5 nitrogen and oxygen atoms in total. The van der Waals surface area contributed by atoms with Crippen LogP contribution in [0.1, 0.15) is 11.0 Å². The minimum atomic E-state index is -0.689. The van der Waals surface area contributed by atoms with Crippen molar-refractivity contribution in [3.63, 3.8) is 0 Å². The average Bonchev–Trinajstić information content (AvgIpc) is 2.99. The van der Waals surface area contributed by atoms with Crippen molar-refractivity contribution < 1.29 is 14.6 Å². The number of ether oxygens (including phenoxy) is 1. The van der Waals surface area contributed by atoms with Crippen molar-refractivity contribution in [3.8, 4) is 5.75 Å². The molecule has 20 heavy (non-hydrogen) atoms. The average molecular weight is 292 g/mol. The van der Waals surface area contributed by atoms with Gasteiger partial charge in [0.15, 0.2) is 0 Å². The third-order valence-corrected chi connectivity index (χ3v) is 3.63. The highest BCUT2D eigenvalue weighted by Gasteiger charge is 2.10. The van der Waals surface area contributed by atoms with Gasteiger partial charge < -0.3 is 20.5 Å². The summed E-state index contributed by atoms with van der Waals surface area (Å²) in [6.45, 7) is 0.163. The molecule has 106 valence electrons. The van der Waals surface area contributed by atoms with Crippen LogP contribution in [0.5, 0.6) is 5.75 Å². The second-order valence-electron chi connectivity index (χ2n) is 4.10. The first kappa shape index (κ1) is 14.4. The van der Waals surface area contributed by atoms with E-state index in [1.54, 1.807) is 31.4 Å². The van der Waals surface area contributed by atoms with Crippen molar-refractivity contribution in [2.75, 3.05) is 19.0 Å². The molecular formula is C14H16N2O3S. The van der Waals surface area contributed by atoms with Gasteiger partial charge in [-0.15, -0.1) is 11.3 Å². The maximum atomic E-state index is 11.7. The fraction of sp³-hybridized carbons (Fsp3) is 0.214. The Bertz CT molecular complexity index is 557. The zero-order chi connectivity index (χ0) is 14.4. The van der Waals surface area contributed by atoms with E-state index < -0.39 is 6.10 Å². The van der Waals surface area contributed by atoms with Gasteiger partial charge in [0.25, 0.3) is 0 Å². The molecule has 2 aromatic rings. The molecule has 2 rings (SSSR count). The first-order chi connectivity index (χ1) is 9.69. The summed E-state index contributed by atoms with van der Waals surface area (Å²) in [6.07, 6.45) is -0.689. The molecule has 1 unspecified atom stereocenters. The van der Waals surface area contributed by atoms with Crippen LogP contribution < -0.4 is 15.4 Å². The Labute approximate surface area is 121 Å². The Morgan fingerprint density at radius 3 is 2.95 bits per heavy atom. The number of amides is 2. The lowest BCUT2D eigenvalue weighted by atomic mass is 10.3. The van der Waals surface area contributed by atoms with E-state index in [9.17, 15) is 9.90 Å². The number of methoxy groups -OCH3 is 1. The van der Waals surface area contributed by atoms with Crippen molar-refractivity contribution in [1.82, 2.24) is 5.32 Å². The minimum Gasteiger partial charge on any atom is -0.497 e. The number of benzene rings is 1. The standard InChI is InChI=1S/C14H16N2O3S/c1-19-11-5-2-4-10(8-11)16-14(18)15-9-12(17)13-6-3-7-20-13/h2-8,12,17H,9H2,1H3,(H2,15,16,18). The van der Waals surface area contributed by atoms with E-state index in [-0.39, 0.29) is 12.6 Å². The SMILES string of the molecule is COc1cccc(NC(=O)NCC(O)c2cccs2)c1. The smallest absolute Gasteiger partial charge is 0.319 e. The van der Waals surface area contributed by atoms with Gasteiger partial charge in [0.2, 0.25) is 0 Å². The van der Waals surface area contributed by atoms with Crippen molar-refractivity contribution in [2.45, 2.75) is 6.10 Å². The summed E-state index contributed by atoms with van der Waals surface area (Å²) in [6, 6.07) is 10.4. The number of rotatable bonds is 5. The molecule has 0 aliphatic heterocycles. The predicted molar refractivity (Wildman–Crippen MR) is 79.3 cm³/mol. The lowest BCUT2D eigenvalue weighted by Gasteiger charge is -2.11. The molecule has 2 amide bonds. The third-order valence-electron chi connectivity index (χ3n) is 2.66. The highest BCUT2D eigenvalue weighted by molar-refractivity contribution is 7.10. The third kappa shape index (κ3) is 3.97. The number of hydrogen-bond acceptors (Lipinski definition) is 4. The largest absolute Gasteiger partial charge is 0.497 e. The molecule has 1 aromatic heterocycles. The Balaban J connectivity index is 1.83.